The SMILES string of the molecule is Cn1c2ccc(OC[C@H](O/N=C(\C(=O)C[C@@H]3C(=O)N(OS(=O)(=O)O)C3(C)C)c3csc(N)n3)C(=O)O)cc2c[n+]1CC1CCCCC1. The Bertz CT molecular complexity index is 1810. The Morgan fingerprint density at radius 3 is 2.60 bits per heavy atom. The molecule has 3 heterocycles. The van der Waals surface area contributed by atoms with Crippen LogP contribution in [0.5, 0.6) is 5.75 Å². The van der Waals surface area contributed by atoms with Crippen LogP contribution in [0.1, 0.15) is 58.1 Å². The van der Waals surface area contributed by atoms with E-state index in [2.05, 4.69) is 23.8 Å². The number of aryl methyl sites for hydroxylation is 1. The van der Waals surface area contributed by atoms with Gasteiger partial charge >= 0.3 is 16.4 Å². The van der Waals surface area contributed by atoms with Crippen LogP contribution < -0.4 is 15.2 Å². The van der Waals surface area contributed by atoms with E-state index in [4.69, 9.17) is 19.9 Å². The summed E-state index contributed by atoms with van der Waals surface area (Å²) < 4.78 is 45.6. The number of carboxylic acids is 1. The number of benzene rings is 1. The van der Waals surface area contributed by atoms with E-state index in [9.17, 15) is 27.9 Å². The van der Waals surface area contributed by atoms with Crippen molar-refractivity contribution < 1.29 is 51.0 Å². The molecule has 2 fully saturated rings. The number of rotatable bonds is 14. The van der Waals surface area contributed by atoms with E-state index in [1.165, 1.54) is 51.3 Å². The van der Waals surface area contributed by atoms with Gasteiger partial charge in [-0.05, 0) is 44.9 Å². The number of nitrogens with two attached hydrogens (primary N) is 1. The molecular formula is C29H37N6O10S2+. The first-order valence-electron chi connectivity index (χ1n) is 15.0. The molecule has 254 valence electrons. The lowest BCUT2D eigenvalue weighted by Gasteiger charge is -2.50. The van der Waals surface area contributed by atoms with Gasteiger partial charge in [-0.1, -0.05) is 24.4 Å². The van der Waals surface area contributed by atoms with Crippen LogP contribution in [0.3, 0.4) is 0 Å². The molecule has 5 rings (SSSR count). The third kappa shape index (κ3) is 7.72. The monoisotopic (exact) mass is 693 g/mol. The highest BCUT2D eigenvalue weighted by molar-refractivity contribution is 7.80. The van der Waals surface area contributed by atoms with E-state index in [-0.39, 0.29) is 10.8 Å². The van der Waals surface area contributed by atoms with E-state index in [0.717, 1.165) is 28.8 Å². The Morgan fingerprint density at radius 2 is 1.98 bits per heavy atom. The van der Waals surface area contributed by atoms with E-state index in [1.54, 1.807) is 6.07 Å². The topological polar surface area (TPSA) is 217 Å². The number of aliphatic carboxylic acids is 1. The van der Waals surface area contributed by atoms with Crippen molar-refractivity contribution in [2.45, 2.75) is 70.6 Å². The van der Waals surface area contributed by atoms with Gasteiger partial charge in [0.15, 0.2) is 23.2 Å². The number of ether oxygens (including phenoxy) is 1. The van der Waals surface area contributed by atoms with Crippen molar-refractivity contribution in [2.75, 3.05) is 12.3 Å². The third-order valence-electron chi connectivity index (χ3n) is 8.60. The summed E-state index contributed by atoms with van der Waals surface area (Å²) in [4.78, 5) is 47.4. The molecule has 47 heavy (non-hydrogen) atoms. The van der Waals surface area contributed by atoms with Gasteiger partial charge < -0.3 is 20.4 Å². The van der Waals surface area contributed by atoms with Gasteiger partial charge in [-0.3, -0.25) is 14.1 Å². The number of hydrogen-bond acceptors (Lipinski definition) is 12. The molecule has 18 heteroatoms. The molecule has 1 saturated heterocycles. The Labute approximate surface area is 274 Å². The maximum absolute atomic E-state index is 13.4. The lowest BCUT2D eigenvalue weighted by molar-refractivity contribution is -0.776. The Balaban J connectivity index is 1.28. The minimum Gasteiger partial charge on any atom is -0.489 e. The number of carbonyl (C=O) groups excluding carboxylic acids is 2. The standard InChI is InChI=1S/C29H36N6O10S2/c1-29(2)20(26(37)35(29)45-47(40,41)42)12-23(36)25(21-16-46-28(30)31-21)32-44-24(27(38)39)15-43-19-9-10-22-18(11-19)14-34(33(22)3)13-17-7-5-4-6-8-17/h9-11,14,16-17,20,24H,4-8,12-13,15H2,1-3H3,(H3-,30,31,38,39,40,41,42)/p+1/b32-25-/t20-,24+/m1/s1. The van der Waals surface area contributed by atoms with Crippen molar-refractivity contribution >= 4 is 61.1 Å². The second-order valence-electron chi connectivity index (χ2n) is 12.2. The fraction of sp³-hybridized carbons (Fsp3) is 0.517. The maximum Gasteiger partial charge on any atom is 0.418 e. The molecule has 0 spiro atoms. The zero-order valence-corrected chi connectivity index (χ0v) is 27.7. The van der Waals surface area contributed by atoms with Crippen molar-refractivity contribution in [2.24, 2.45) is 24.0 Å². The summed E-state index contributed by atoms with van der Waals surface area (Å²) in [5, 5.41) is 16.5. The van der Waals surface area contributed by atoms with E-state index < -0.39 is 64.4 Å². The first-order chi connectivity index (χ1) is 22.1. The molecule has 0 unspecified atom stereocenters. The van der Waals surface area contributed by atoms with Crippen LogP contribution in [0.2, 0.25) is 0 Å². The van der Waals surface area contributed by atoms with Gasteiger partial charge in [0.25, 0.3) is 12.0 Å². The first-order valence-corrected chi connectivity index (χ1v) is 17.2. The maximum atomic E-state index is 13.4. The number of Topliss-reactive ketones (excluding diaryl/α,β-unsaturated/α-hetero) is 1. The second-order valence-corrected chi connectivity index (χ2v) is 14.1. The van der Waals surface area contributed by atoms with Crippen molar-refractivity contribution in [3.63, 3.8) is 0 Å². The molecule has 2 aliphatic rings. The van der Waals surface area contributed by atoms with Crippen molar-refractivity contribution in [3.8, 4) is 5.75 Å². The fourth-order valence-corrected chi connectivity index (χ4v) is 6.94. The van der Waals surface area contributed by atoms with Gasteiger partial charge in [0, 0.05) is 17.7 Å². The Kier molecular flexibility index (Phi) is 9.86. The highest BCUT2D eigenvalue weighted by Crippen LogP contribution is 2.40. The zero-order chi connectivity index (χ0) is 34.1. The smallest absolute Gasteiger partial charge is 0.418 e. The summed E-state index contributed by atoms with van der Waals surface area (Å²) in [7, 11) is -2.98. The third-order valence-corrected chi connectivity index (χ3v) is 9.61. The predicted molar refractivity (Wildman–Crippen MR) is 167 cm³/mol. The zero-order valence-electron chi connectivity index (χ0n) is 26.1. The molecule has 0 bridgehead atoms. The van der Waals surface area contributed by atoms with Crippen LogP contribution in [0, 0.1) is 11.8 Å². The van der Waals surface area contributed by atoms with Gasteiger partial charge in [-0.2, -0.15) is 18.2 Å². The number of nitrogen functional groups attached to an aromatic ring is 1. The van der Waals surface area contributed by atoms with Crippen LogP contribution in [-0.4, -0.2) is 74.4 Å². The van der Waals surface area contributed by atoms with Crippen LogP contribution in [0.4, 0.5) is 5.13 Å². The fourth-order valence-electron chi connectivity index (χ4n) is 5.94. The summed E-state index contributed by atoms with van der Waals surface area (Å²) >= 11 is 1.00. The average molecular weight is 694 g/mol. The highest BCUT2D eigenvalue weighted by atomic mass is 32.3. The van der Waals surface area contributed by atoms with Gasteiger partial charge in [0.05, 0.1) is 23.9 Å². The molecule has 0 radical (unpaired) electrons. The minimum absolute atomic E-state index is 0.00534. The summed E-state index contributed by atoms with van der Waals surface area (Å²) in [6.45, 7) is 3.35. The number of oxime groups is 1. The van der Waals surface area contributed by atoms with Gasteiger partial charge in [0.2, 0.25) is 6.20 Å². The summed E-state index contributed by atoms with van der Waals surface area (Å²) in [5.74, 6) is -3.05. The molecule has 4 N–H and O–H groups in total. The summed E-state index contributed by atoms with van der Waals surface area (Å²) in [5.41, 5.74) is 5.03. The quantitative estimate of drug-likeness (QED) is 0.0729. The van der Waals surface area contributed by atoms with Crippen LogP contribution in [0.15, 0.2) is 34.9 Å². The number of ketones is 1. The molecular weight excluding hydrogens is 656 g/mol. The minimum atomic E-state index is -4.98. The number of aromatic nitrogens is 3. The first kappa shape index (κ1) is 34.2. The number of hydrogen-bond donors (Lipinski definition) is 3. The van der Waals surface area contributed by atoms with Gasteiger partial charge in [0.1, 0.15) is 23.6 Å². The van der Waals surface area contributed by atoms with Gasteiger partial charge in [-0.15, -0.1) is 20.3 Å². The number of thiazole rings is 1. The number of nitrogens with zero attached hydrogens (tertiary/aromatic N) is 5. The van der Waals surface area contributed by atoms with E-state index in [0.29, 0.717) is 16.7 Å². The average Bonchev–Trinajstić information content (AvgIpc) is 3.57. The number of amides is 1. The van der Waals surface area contributed by atoms with Gasteiger partial charge in [-0.25, -0.2) is 9.78 Å². The lowest BCUT2D eigenvalue weighted by atomic mass is 9.74. The summed E-state index contributed by atoms with van der Waals surface area (Å²) in [6, 6.07) is 5.44. The molecule has 3 aromatic rings. The van der Waals surface area contributed by atoms with E-state index in [1.807, 2.05) is 25.4 Å². The highest BCUT2D eigenvalue weighted by Gasteiger charge is 2.57. The number of fused-ring (bicyclic) bond motifs is 1. The molecule has 1 aliphatic carbocycles. The molecule has 1 amide bonds. The van der Waals surface area contributed by atoms with Crippen LogP contribution in [-0.2, 0) is 47.5 Å². The normalized spacial score (nSPS) is 19.4. The largest absolute Gasteiger partial charge is 0.489 e. The number of carbonyl (C=O) groups is 3. The van der Waals surface area contributed by atoms with Crippen molar-refractivity contribution in [1.29, 1.82) is 0 Å². The van der Waals surface area contributed by atoms with E-state index >= 15 is 0 Å². The Morgan fingerprint density at radius 1 is 1.26 bits per heavy atom. The molecule has 16 nitrogen and oxygen atoms in total. The predicted octanol–water partition coefficient (Wildman–Crippen LogP) is 2.27. The molecule has 2 atom stereocenters. The number of hydroxylamine groups is 2. The number of carboxylic acid groups (broad SMARTS) is 1. The number of β-lactam (4-membered cyclic amide) rings is 1. The van der Waals surface area contributed by atoms with Crippen LogP contribution >= 0.6 is 11.3 Å². The molecule has 1 aliphatic heterocycles. The molecule has 2 aromatic heterocycles. The number of anilines is 1. The van der Waals surface area contributed by atoms with Crippen molar-refractivity contribution in [3.05, 3.63) is 35.5 Å². The summed E-state index contributed by atoms with van der Waals surface area (Å²) in [6.07, 6.45) is 6.16. The van der Waals surface area contributed by atoms with Crippen molar-refractivity contribution in [1.82, 2.24) is 14.7 Å². The second kappa shape index (κ2) is 13.5. The molecule has 1 saturated carbocycles. The lowest BCUT2D eigenvalue weighted by Crippen LogP contribution is -2.68. The Hall–Kier alpha value is -4.13. The van der Waals surface area contributed by atoms with Crippen LogP contribution in [0.25, 0.3) is 10.9 Å². The molecule has 1 aromatic carbocycles.